The number of nitrogens with one attached hydrogen (secondary N) is 1. The van der Waals surface area contributed by atoms with Crippen LogP contribution in [0.2, 0.25) is 0 Å². The van der Waals surface area contributed by atoms with Crippen molar-refractivity contribution in [2.24, 2.45) is 0 Å². The number of rotatable bonds is 4. The van der Waals surface area contributed by atoms with Gasteiger partial charge in [0.1, 0.15) is 12.4 Å². The molecule has 2 amide bonds. The molecule has 1 N–H and O–H groups in total. The highest BCUT2D eigenvalue weighted by Gasteiger charge is 2.39. The summed E-state index contributed by atoms with van der Waals surface area (Å²) in [5.74, 6) is -1.04. The fourth-order valence-corrected chi connectivity index (χ4v) is 2.29. The van der Waals surface area contributed by atoms with E-state index in [2.05, 4.69) is 11.9 Å². The van der Waals surface area contributed by atoms with Crippen LogP contribution in [0.1, 0.15) is 11.6 Å². The monoisotopic (exact) mass is 292 g/mol. The summed E-state index contributed by atoms with van der Waals surface area (Å²) in [4.78, 5) is 25.4. The zero-order valence-electron chi connectivity index (χ0n) is 11.7. The topological polar surface area (TPSA) is 58.6 Å². The molecule has 1 heterocycles. The minimum Gasteiger partial charge on any atom is -0.356 e. The predicted molar refractivity (Wildman–Crippen MR) is 74.9 cm³/mol. The Morgan fingerprint density at radius 3 is 3.05 bits per heavy atom. The summed E-state index contributed by atoms with van der Waals surface area (Å²) in [5, 5.41) is 2.64. The lowest BCUT2D eigenvalue weighted by Crippen LogP contribution is -2.53. The normalized spacial score (nSPS) is 22.0. The molecule has 2 atom stereocenters. The fraction of sp³-hybridized carbons (Fsp3) is 0.333. The van der Waals surface area contributed by atoms with Crippen LogP contribution in [0.15, 0.2) is 36.9 Å². The second kappa shape index (κ2) is 6.49. The molecule has 6 heteroatoms. The third-order valence-corrected chi connectivity index (χ3v) is 3.35. The number of morpholine rings is 1. The van der Waals surface area contributed by atoms with Crippen LogP contribution in [0.5, 0.6) is 0 Å². The van der Waals surface area contributed by atoms with Gasteiger partial charge in [-0.3, -0.25) is 9.59 Å². The molecule has 1 aromatic rings. The second-order valence-electron chi connectivity index (χ2n) is 4.77. The first-order chi connectivity index (χ1) is 10.0. The van der Waals surface area contributed by atoms with Crippen LogP contribution >= 0.6 is 0 Å². The van der Waals surface area contributed by atoms with Crippen LogP contribution in [0.3, 0.4) is 0 Å². The molecular weight excluding hydrogens is 275 g/mol. The first-order valence-corrected chi connectivity index (χ1v) is 6.56. The molecule has 0 unspecified atom stereocenters. The average molecular weight is 292 g/mol. The number of carbonyl (C=O) groups excluding carboxylic acids is 2. The number of halogens is 1. The first-order valence-electron chi connectivity index (χ1n) is 6.56. The Morgan fingerprint density at radius 2 is 2.38 bits per heavy atom. The van der Waals surface area contributed by atoms with Crippen molar-refractivity contribution in [3.05, 3.63) is 48.3 Å². The molecule has 5 nitrogen and oxygen atoms in total. The number of ether oxygens (including phenoxy) is 1. The van der Waals surface area contributed by atoms with E-state index in [9.17, 15) is 14.0 Å². The maximum absolute atomic E-state index is 13.4. The minimum atomic E-state index is -0.880. The fourth-order valence-electron chi connectivity index (χ4n) is 2.29. The van der Waals surface area contributed by atoms with E-state index in [-0.39, 0.29) is 18.4 Å². The zero-order valence-corrected chi connectivity index (χ0v) is 11.7. The van der Waals surface area contributed by atoms with Crippen LogP contribution < -0.4 is 5.32 Å². The van der Waals surface area contributed by atoms with Crippen molar-refractivity contribution in [2.45, 2.75) is 12.1 Å². The molecule has 112 valence electrons. The van der Waals surface area contributed by atoms with Crippen LogP contribution in [0.25, 0.3) is 0 Å². The summed E-state index contributed by atoms with van der Waals surface area (Å²) < 4.78 is 18.8. The highest BCUT2D eigenvalue weighted by atomic mass is 19.1. The van der Waals surface area contributed by atoms with Gasteiger partial charge in [0.15, 0.2) is 6.10 Å². The van der Waals surface area contributed by atoms with Crippen molar-refractivity contribution >= 4 is 11.8 Å². The summed E-state index contributed by atoms with van der Waals surface area (Å²) in [7, 11) is 1.58. The third kappa shape index (κ3) is 3.28. The Kier molecular flexibility index (Phi) is 4.70. The van der Waals surface area contributed by atoms with Crippen molar-refractivity contribution < 1.29 is 18.7 Å². The lowest BCUT2D eigenvalue weighted by atomic mass is 9.97. The zero-order chi connectivity index (χ0) is 15.4. The number of nitrogens with zero attached hydrogens (tertiary/aromatic N) is 1. The van der Waals surface area contributed by atoms with Gasteiger partial charge in [-0.1, -0.05) is 18.2 Å². The lowest BCUT2D eigenvalue weighted by Gasteiger charge is -2.38. The van der Waals surface area contributed by atoms with Crippen LogP contribution in [0, 0.1) is 5.82 Å². The quantitative estimate of drug-likeness (QED) is 0.843. The van der Waals surface area contributed by atoms with Gasteiger partial charge in [-0.15, -0.1) is 6.58 Å². The van der Waals surface area contributed by atoms with E-state index in [4.69, 9.17) is 4.74 Å². The Labute approximate surface area is 122 Å². The number of carbonyl (C=O) groups is 2. The molecule has 21 heavy (non-hydrogen) atoms. The predicted octanol–water partition coefficient (Wildman–Crippen LogP) is 1.03. The summed E-state index contributed by atoms with van der Waals surface area (Å²) in [6.45, 7) is 3.65. The summed E-state index contributed by atoms with van der Waals surface area (Å²) in [6.07, 6.45) is 0.668. The highest BCUT2D eigenvalue weighted by molar-refractivity contribution is 5.86. The maximum Gasteiger partial charge on any atom is 0.251 e. The van der Waals surface area contributed by atoms with Crippen molar-refractivity contribution in [2.75, 3.05) is 20.2 Å². The SMILES string of the molecule is C=CCNC(=O)[C@H]1OCC(=O)N(C)[C@@H]1c1cccc(F)c1. The van der Waals surface area contributed by atoms with Crippen LogP contribution in [0.4, 0.5) is 4.39 Å². The molecule has 0 saturated carbocycles. The Hall–Kier alpha value is -2.21. The second-order valence-corrected chi connectivity index (χ2v) is 4.77. The molecule has 0 bridgehead atoms. The van der Waals surface area contributed by atoms with Gasteiger partial charge in [0, 0.05) is 13.6 Å². The number of amides is 2. The molecule has 1 fully saturated rings. The summed E-state index contributed by atoms with van der Waals surface area (Å²) in [6, 6.07) is 5.15. The maximum atomic E-state index is 13.4. The first kappa shape index (κ1) is 15.2. The smallest absolute Gasteiger partial charge is 0.251 e. The number of hydrogen-bond donors (Lipinski definition) is 1. The number of hydrogen-bond acceptors (Lipinski definition) is 3. The van der Waals surface area contributed by atoms with E-state index in [1.807, 2.05) is 0 Å². The number of benzene rings is 1. The van der Waals surface area contributed by atoms with Crippen molar-refractivity contribution in [3.8, 4) is 0 Å². The van der Waals surface area contributed by atoms with E-state index >= 15 is 0 Å². The molecule has 0 radical (unpaired) electrons. The van der Waals surface area contributed by atoms with Gasteiger partial charge in [-0.05, 0) is 17.7 Å². The van der Waals surface area contributed by atoms with E-state index in [0.29, 0.717) is 12.1 Å². The Balaban J connectivity index is 2.31. The van der Waals surface area contributed by atoms with E-state index in [1.165, 1.54) is 23.1 Å². The van der Waals surface area contributed by atoms with E-state index < -0.39 is 18.0 Å². The van der Waals surface area contributed by atoms with Crippen molar-refractivity contribution in [3.63, 3.8) is 0 Å². The molecule has 1 aromatic carbocycles. The van der Waals surface area contributed by atoms with Gasteiger partial charge in [0.2, 0.25) is 5.91 Å². The van der Waals surface area contributed by atoms with Gasteiger partial charge in [0.05, 0.1) is 6.04 Å². The molecule has 1 saturated heterocycles. The van der Waals surface area contributed by atoms with Crippen LogP contribution in [-0.2, 0) is 14.3 Å². The molecule has 0 aromatic heterocycles. The molecular formula is C15H17FN2O3. The van der Waals surface area contributed by atoms with Gasteiger partial charge in [0.25, 0.3) is 5.91 Å². The average Bonchev–Trinajstić information content (AvgIpc) is 2.47. The van der Waals surface area contributed by atoms with Gasteiger partial charge >= 0.3 is 0 Å². The molecule has 0 spiro atoms. The lowest BCUT2D eigenvalue weighted by molar-refractivity contribution is -0.162. The minimum absolute atomic E-state index is 0.172. The van der Waals surface area contributed by atoms with E-state index in [0.717, 1.165) is 0 Å². The number of likely N-dealkylation sites (N-methyl/N-ethyl adjacent to an activating group) is 1. The standard InChI is InChI=1S/C15H17FN2O3/c1-3-7-17-15(20)14-13(18(2)12(19)9-21-14)10-5-4-6-11(16)8-10/h3-6,8,13-14H,1,7,9H2,2H3,(H,17,20)/t13-,14+/m1/s1. The molecule has 0 aliphatic carbocycles. The van der Waals surface area contributed by atoms with Gasteiger partial charge in [-0.25, -0.2) is 4.39 Å². The van der Waals surface area contributed by atoms with Crippen molar-refractivity contribution in [1.29, 1.82) is 0 Å². The van der Waals surface area contributed by atoms with Crippen LogP contribution in [-0.4, -0.2) is 43.0 Å². The molecule has 1 aliphatic rings. The molecule has 2 rings (SSSR count). The summed E-state index contributed by atoms with van der Waals surface area (Å²) in [5.41, 5.74) is 0.518. The largest absolute Gasteiger partial charge is 0.356 e. The van der Waals surface area contributed by atoms with E-state index in [1.54, 1.807) is 19.2 Å². The van der Waals surface area contributed by atoms with Gasteiger partial charge in [-0.2, -0.15) is 0 Å². The Bertz CT molecular complexity index is 562. The highest BCUT2D eigenvalue weighted by Crippen LogP contribution is 2.29. The third-order valence-electron chi connectivity index (χ3n) is 3.35. The van der Waals surface area contributed by atoms with Gasteiger partial charge < -0.3 is 15.0 Å². The van der Waals surface area contributed by atoms with Crippen molar-refractivity contribution in [1.82, 2.24) is 10.2 Å². The molecule has 1 aliphatic heterocycles. The summed E-state index contributed by atoms with van der Waals surface area (Å²) >= 11 is 0. The Morgan fingerprint density at radius 1 is 1.62 bits per heavy atom.